The van der Waals surface area contributed by atoms with Gasteiger partial charge in [0.25, 0.3) is 0 Å². The largest absolute Gasteiger partial charge is 0.315 e. The lowest BCUT2D eigenvalue weighted by Crippen LogP contribution is -2.28. The van der Waals surface area contributed by atoms with Gasteiger partial charge in [0.05, 0.1) is 12.7 Å². The summed E-state index contributed by atoms with van der Waals surface area (Å²) in [6, 6.07) is 0. The van der Waals surface area contributed by atoms with Crippen molar-refractivity contribution in [3.05, 3.63) is 12.4 Å². The van der Waals surface area contributed by atoms with Gasteiger partial charge in [-0.25, -0.2) is 12.7 Å². The maximum Gasteiger partial charge on any atom is 0.245 e. The van der Waals surface area contributed by atoms with E-state index < -0.39 is 10.0 Å². The maximum absolute atomic E-state index is 12.3. The molecule has 1 aliphatic rings. The number of sulfonamides is 1. The molecule has 1 N–H and O–H groups in total. The van der Waals surface area contributed by atoms with Gasteiger partial charge in [-0.3, -0.25) is 4.68 Å². The Morgan fingerprint density at radius 3 is 2.89 bits per heavy atom. The van der Waals surface area contributed by atoms with Crippen LogP contribution < -0.4 is 5.32 Å². The lowest BCUT2D eigenvalue weighted by Gasteiger charge is -2.15. The van der Waals surface area contributed by atoms with Gasteiger partial charge in [-0.2, -0.15) is 5.10 Å². The predicted octanol–water partition coefficient (Wildman–Crippen LogP) is 0.523. The first-order chi connectivity index (χ1) is 9.04. The van der Waals surface area contributed by atoms with Crippen molar-refractivity contribution in [1.29, 1.82) is 0 Å². The average molecular weight is 286 g/mol. The zero-order chi connectivity index (χ0) is 13.9. The van der Waals surface area contributed by atoms with Gasteiger partial charge >= 0.3 is 0 Å². The Labute approximate surface area is 114 Å². The van der Waals surface area contributed by atoms with Crippen LogP contribution in [-0.2, 0) is 16.6 Å². The molecule has 6 nitrogen and oxygen atoms in total. The van der Waals surface area contributed by atoms with Gasteiger partial charge < -0.3 is 5.32 Å². The maximum atomic E-state index is 12.3. The lowest BCUT2D eigenvalue weighted by molar-refractivity contribution is 0.452. The monoisotopic (exact) mass is 286 g/mol. The zero-order valence-corrected chi connectivity index (χ0v) is 12.4. The number of hydrogen-bond acceptors (Lipinski definition) is 4. The highest BCUT2D eigenvalue weighted by atomic mass is 32.2. The molecule has 1 saturated carbocycles. The molecule has 1 fully saturated rings. The summed E-state index contributed by atoms with van der Waals surface area (Å²) >= 11 is 0. The van der Waals surface area contributed by atoms with Crippen LogP contribution in [0.2, 0.25) is 0 Å². The van der Waals surface area contributed by atoms with Crippen LogP contribution in [0.15, 0.2) is 17.3 Å². The minimum absolute atomic E-state index is 0.284. The van der Waals surface area contributed by atoms with E-state index >= 15 is 0 Å². The smallest absolute Gasteiger partial charge is 0.245 e. The Bertz CT molecular complexity index is 508. The van der Waals surface area contributed by atoms with E-state index in [1.54, 1.807) is 17.9 Å². The standard InChI is InChI=1S/C12H22N4O2S/c1-3-13-6-7-16-10-12(8-14-16)19(17,18)15(2)9-11-4-5-11/h8,10-11,13H,3-7,9H2,1-2H3. The number of hydrogen-bond donors (Lipinski definition) is 1. The Balaban J connectivity index is 1.99. The summed E-state index contributed by atoms with van der Waals surface area (Å²) in [4.78, 5) is 0.284. The molecule has 0 bridgehead atoms. The van der Waals surface area contributed by atoms with Crippen molar-refractivity contribution in [2.45, 2.75) is 31.2 Å². The fraction of sp³-hybridized carbons (Fsp3) is 0.750. The molecule has 0 atom stereocenters. The number of aromatic nitrogens is 2. The summed E-state index contributed by atoms with van der Waals surface area (Å²) in [7, 11) is -1.73. The molecule has 0 unspecified atom stereocenters. The van der Waals surface area contributed by atoms with E-state index in [-0.39, 0.29) is 4.90 Å². The summed E-state index contributed by atoms with van der Waals surface area (Å²) in [6.07, 6.45) is 5.32. The zero-order valence-electron chi connectivity index (χ0n) is 11.5. The predicted molar refractivity (Wildman–Crippen MR) is 73.3 cm³/mol. The van der Waals surface area contributed by atoms with E-state index in [0.29, 0.717) is 19.0 Å². The Morgan fingerprint density at radius 1 is 1.53 bits per heavy atom. The SMILES string of the molecule is CCNCCn1cc(S(=O)(=O)N(C)CC2CC2)cn1. The van der Waals surface area contributed by atoms with Crippen LogP contribution in [0.5, 0.6) is 0 Å². The second-order valence-electron chi connectivity index (χ2n) is 5.02. The quantitative estimate of drug-likeness (QED) is 0.708. The average Bonchev–Trinajstić information content (AvgIpc) is 3.05. The summed E-state index contributed by atoms with van der Waals surface area (Å²) in [5, 5.41) is 7.28. The van der Waals surface area contributed by atoms with E-state index in [2.05, 4.69) is 10.4 Å². The summed E-state index contributed by atoms with van der Waals surface area (Å²) in [6.45, 7) is 5.01. The molecule has 1 aromatic heterocycles. The summed E-state index contributed by atoms with van der Waals surface area (Å²) in [5.74, 6) is 0.545. The van der Waals surface area contributed by atoms with E-state index in [1.807, 2.05) is 6.92 Å². The molecular formula is C12H22N4O2S. The van der Waals surface area contributed by atoms with Crippen LogP contribution in [0, 0.1) is 5.92 Å². The highest BCUT2D eigenvalue weighted by Crippen LogP contribution is 2.30. The Kier molecular flexibility index (Phi) is 4.59. The van der Waals surface area contributed by atoms with Crippen molar-refractivity contribution in [1.82, 2.24) is 19.4 Å². The van der Waals surface area contributed by atoms with E-state index in [0.717, 1.165) is 25.9 Å². The van der Waals surface area contributed by atoms with Crippen molar-refractivity contribution < 1.29 is 8.42 Å². The topological polar surface area (TPSA) is 67.2 Å². The molecule has 108 valence electrons. The Hall–Kier alpha value is -0.920. The van der Waals surface area contributed by atoms with Crippen LogP contribution in [0.3, 0.4) is 0 Å². The third-order valence-corrected chi connectivity index (χ3v) is 5.07. The van der Waals surface area contributed by atoms with Gasteiger partial charge in [-0.15, -0.1) is 0 Å². The van der Waals surface area contributed by atoms with E-state index in [9.17, 15) is 8.42 Å². The second-order valence-corrected chi connectivity index (χ2v) is 7.07. The molecular weight excluding hydrogens is 264 g/mol. The molecule has 0 aromatic carbocycles. The molecule has 1 aliphatic carbocycles. The van der Waals surface area contributed by atoms with Crippen molar-refractivity contribution in [2.75, 3.05) is 26.7 Å². The van der Waals surface area contributed by atoms with Crippen LogP contribution in [0.25, 0.3) is 0 Å². The van der Waals surface area contributed by atoms with Gasteiger partial charge in [0.1, 0.15) is 4.90 Å². The van der Waals surface area contributed by atoms with Gasteiger partial charge in [-0.1, -0.05) is 6.92 Å². The van der Waals surface area contributed by atoms with Gasteiger partial charge in [0.15, 0.2) is 0 Å². The summed E-state index contributed by atoms with van der Waals surface area (Å²) in [5.41, 5.74) is 0. The van der Waals surface area contributed by atoms with Crippen molar-refractivity contribution in [2.24, 2.45) is 5.92 Å². The molecule has 1 aromatic rings. The second kappa shape index (κ2) is 6.02. The third kappa shape index (κ3) is 3.77. The molecule has 0 amide bonds. The molecule has 19 heavy (non-hydrogen) atoms. The number of likely N-dealkylation sites (N-methyl/N-ethyl adjacent to an activating group) is 1. The van der Waals surface area contributed by atoms with Crippen molar-refractivity contribution in [3.63, 3.8) is 0 Å². The molecule has 7 heteroatoms. The normalized spacial score (nSPS) is 16.2. The fourth-order valence-electron chi connectivity index (χ4n) is 1.91. The van der Waals surface area contributed by atoms with Gasteiger partial charge in [-0.05, 0) is 25.3 Å². The van der Waals surface area contributed by atoms with Crippen molar-refractivity contribution in [3.8, 4) is 0 Å². The number of nitrogens with one attached hydrogen (secondary N) is 1. The first-order valence-electron chi connectivity index (χ1n) is 6.73. The molecule has 0 spiro atoms. The van der Waals surface area contributed by atoms with Gasteiger partial charge in [0, 0.05) is 26.3 Å². The number of nitrogens with zero attached hydrogens (tertiary/aromatic N) is 3. The van der Waals surface area contributed by atoms with Crippen LogP contribution in [-0.4, -0.2) is 49.2 Å². The lowest BCUT2D eigenvalue weighted by atomic mass is 10.4. The number of rotatable bonds is 8. The molecule has 2 rings (SSSR count). The van der Waals surface area contributed by atoms with Crippen LogP contribution in [0.4, 0.5) is 0 Å². The highest BCUT2D eigenvalue weighted by Gasteiger charge is 2.29. The molecule has 0 aliphatic heterocycles. The van der Waals surface area contributed by atoms with E-state index in [1.165, 1.54) is 10.5 Å². The van der Waals surface area contributed by atoms with Crippen LogP contribution in [0.1, 0.15) is 19.8 Å². The molecule has 0 saturated heterocycles. The van der Waals surface area contributed by atoms with Crippen LogP contribution >= 0.6 is 0 Å². The summed E-state index contributed by atoms with van der Waals surface area (Å²) < 4.78 is 27.7. The third-order valence-electron chi connectivity index (χ3n) is 3.30. The molecule has 0 radical (unpaired) electrons. The fourth-order valence-corrected chi connectivity index (χ4v) is 3.11. The minimum Gasteiger partial charge on any atom is -0.315 e. The first-order valence-corrected chi connectivity index (χ1v) is 8.17. The minimum atomic E-state index is -3.37. The van der Waals surface area contributed by atoms with Gasteiger partial charge in [0.2, 0.25) is 10.0 Å². The first kappa shape index (κ1) is 14.5. The molecule has 1 heterocycles. The highest BCUT2D eigenvalue weighted by molar-refractivity contribution is 7.89. The van der Waals surface area contributed by atoms with Crippen molar-refractivity contribution >= 4 is 10.0 Å². The Morgan fingerprint density at radius 2 is 2.26 bits per heavy atom. The van der Waals surface area contributed by atoms with E-state index in [4.69, 9.17) is 0 Å².